The van der Waals surface area contributed by atoms with Crippen molar-refractivity contribution >= 4 is 18.5 Å². The van der Waals surface area contributed by atoms with E-state index < -0.39 is 6.09 Å². The molecule has 2 atom stereocenters. The maximum atomic E-state index is 12.7. The van der Waals surface area contributed by atoms with Crippen LogP contribution in [0.25, 0.3) is 0 Å². The molecule has 12 nitrogen and oxygen atoms in total. The first kappa shape index (κ1) is 21.0. The van der Waals surface area contributed by atoms with Crippen LogP contribution in [-0.4, -0.2) is 118 Å². The van der Waals surface area contributed by atoms with Crippen molar-refractivity contribution in [2.75, 3.05) is 59.1 Å². The van der Waals surface area contributed by atoms with Crippen LogP contribution in [0.2, 0.25) is 0 Å². The Morgan fingerprint density at radius 3 is 2.66 bits per heavy atom. The maximum absolute atomic E-state index is 12.7. The molecule has 29 heavy (non-hydrogen) atoms. The van der Waals surface area contributed by atoms with Gasteiger partial charge in [0.25, 0.3) is 6.47 Å². The van der Waals surface area contributed by atoms with Gasteiger partial charge in [0.2, 0.25) is 5.91 Å². The molecule has 160 valence electrons. The number of amides is 2. The quantitative estimate of drug-likeness (QED) is 0.582. The van der Waals surface area contributed by atoms with Crippen molar-refractivity contribution in [3.8, 4) is 0 Å². The van der Waals surface area contributed by atoms with Gasteiger partial charge >= 0.3 is 6.09 Å². The maximum Gasteiger partial charge on any atom is 0.410 e. The highest BCUT2D eigenvalue weighted by molar-refractivity contribution is 5.83. The fourth-order valence-corrected chi connectivity index (χ4v) is 3.82. The van der Waals surface area contributed by atoms with Crippen molar-refractivity contribution in [3.05, 3.63) is 12.7 Å². The van der Waals surface area contributed by atoms with Crippen LogP contribution in [0.1, 0.15) is 0 Å². The number of carbonyl (C=O) groups excluding carboxylic acids is 2. The Labute approximate surface area is 168 Å². The number of carbonyl (C=O) groups is 3. The standard InChI is InChI=1S/C16H24N6O4.CH2O2/c23-15(8-21-3-4-26-16(21)24)22-6-13-5-20(14(7-22)10-25-9-13)2-1-19-11-17-18-12-19;2-1-3/h11-14H,1-10H2;1H,(H,2,3)/t13-,14+;/m1./s1. The number of aromatic nitrogens is 3. The average Bonchev–Trinajstić information content (AvgIpc) is 3.25. The number of fused-ring (bicyclic) bond motifs is 3. The molecule has 1 aromatic heterocycles. The summed E-state index contributed by atoms with van der Waals surface area (Å²) in [6, 6.07) is 0.161. The summed E-state index contributed by atoms with van der Waals surface area (Å²) >= 11 is 0. The third-order valence-electron chi connectivity index (χ3n) is 5.22. The Morgan fingerprint density at radius 1 is 1.21 bits per heavy atom. The summed E-state index contributed by atoms with van der Waals surface area (Å²) in [5, 5.41) is 14.6. The molecule has 0 aromatic carbocycles. The van der Waals surface area contributed by atoms with Crippen LogP contribution >= 0.6 is 0 Å². The van der Waals surface area contributed by atoms with E-state index in [-0.39, 0.29) is 30.9 Å². The normalized spacial score (nSPS) is 24.3. The minimum Gasteiger partial charge on any atom is -0.483 e. The lowest BCUT2D eigenvalue weighted by Gasteiger charge is -2.31. The van der Waals surface area contributed by atoms with Crippen LogP contribution in [0, 0.1) is 5.92 Å². The van der Waals surface area contributed by atoms with E-state index in [2.05, 4.69) is 15.1 Å². The molecule has 2 bridgehead atoms. The lowest BCUT2D eigenvalue weighted by atomic mass is 10.1. The molecule has 1 aromatic rings. The monoisotopic (exact) mass is 410 g/mol. The van der Waals surface area contributed by atoms with Crippen LogP contribution in [0.4, 0.5) is 4.79 Å². The molecule has 0 unspecified atom stereocenters. The van der Waals surface area contributed by atoms with Crippen molar-refractivity contribution in [2.24, 2.45) is 5.92 Å². The molecule has 3 fully saturated rings. The molecule has 0 spiro atoms. The summed E-state index contributed by atoms with van der Waals surface area (Å²) < 4.78 is 12.7. The van der Waals surface area contributed by atoms with E-state index >= 15 is 0 Å². The van der Waals surface area contributed by atoms with E-state index in [1.807, 2.05) is 9.47 Å². The zero-order chi connectivity index (χ0) is 20.6. The van der Waals surface area contributed by atoms with Gasteiger partial charge in [0.05, 0.1) is 25.8 Å². The molecular weight excluding hydrogens is 384 g/mol. The minimum absolute atomic E-state index is 0.0126. The van der Waals surface area contributed by atoms with Gasteiger partial charge in [-0.25, -0.2) is 4.79 Å². The van der Waals surface area contributed by atoms with E-state index in [0.29, 0.717) is 39.5 Å². The van der Waals surface area contributed by atoms with Crippen molar-refractivity contribution in [2.45, 2.75) is 12.6 Å². The molecule has 2 amide bonds. The number of carboxylic acid groups (broad SMARTS) is 1. The van der Waals surface area contributed by atoms with Crippen molar-refractivity contribution in [3.63, 3.8) is 0 Å². The highest BCUT2D eigenvalue weighted by Gasteiger charge is 2.36. The number of hydrogen-bond acceptors (Lipinski definition) is 8. The first-order valence-corrected chi connectivity index (χ1v) is 9.52. The smallest absolute Gasteiger partial charge is 0.410 e. The van der Waals surface area contributed by atoms with Gasteiger partial charge in [-0.3, -0.25) is 19.4 Å². The zero-order valence-corrected chi connectivity index (χ0v) is 16.1. The Balaban J connectivity index is 0.000000755. The van der Waals surface area contributed by atoms with Crippen LogP contribution in [0.5, 0.6) is 0 Å². The third kappa shape index (κ3) is 5.64. The summed E-state index contributed by atoms with van der Waals surface area (Å²) in [4.78, 5) is 38.5. The van der Waals surface area contributed by atoms with E-state index in [9.17, 15) is 9.59 Å². The van der Waals surface area contributed by atoms with Crippen LogP contribution in [-0.2, 0) is 25.6 Å². The number of cyclic esters (lactones) is 1. The van der Waals surface area contributed by atoms with Crippen molar-refractivity contribution < 1.29 is 29.0 Å². The minimum atomic E-state index is -0.396. The first-order valence-electron chi connectivity index (χ1n) is 9.52. The van der Waals surface area contributed by atoms with Crippen LogP contribution in [0.15, 0.2) is 12.7 Å². The zero-order valence-electron chi connectivity index (χ0n) is 16.1. The second-order valence-corrected chi connectivity index (χ2v) is 7.19. The number of rotatable bonds is 5. The highest BCUT2D eigenvalue weighted by atomic mass is 16.6. The molecule has 3 saturated heterocycles. The number of ether oxygens (including phenoxy) is 2. The van der Waals surface area contributed by atoms with Gasteiger partial charge in [0.1, 0.15) is 25.8 Å². The SMILES string of the molecule is O=C(CN1CCOC1=O)N1C[C@@H]2COC[C@H](C1)N(CCn1cnnc1)C2.O=CO. The lowest BCUT2D eigenvalue weighted by Crippen LogP contribution is -2.49. The average molecular weight is 410 g/mol. The fourth-order valence-electron chi connectivity index (χ4n) is 3.82. The Bertz CT molecular complexity index is 686. The van der Waals surface area contributed by atoms with Gasteiger partial charge in [0.15, 0.2) is 0 Å². The Hall–Kier alpha value is -2.73. The van der Waals surface area contributed by atoms with E-state index in [0.717, 1.165) is 19.6 Å². The molecule has 3 aliphatic heterocycles. The van der Waals surface area contributed by atoms with Gasteiger partial charge in [-0.05, 0) is 0 Å². The Kier molecular flexibility index (Phi) is 7.36. The fraction of sp³-hybridized carbons (Fsp3) is 0.706. The van der Waals surface area contributed by atoms with E-state index in [1.54, 1.807) is 12.7 Å². The molecule has 4 heterocycles. The molecule has 4 rings (SSSR count). The second-order valence-electron chi connectivity index (χ2n) is 7.19. The summed E-state index contributed by atoms with van der Waals surface area (Å²) in [5.74, 6) is 0.263. The topological polar surface area (TPSA) is 130 Å². The predicted octanol–water partition coefficient (Wildman–Crippen LogP) is -1.41. The summed E-state index contributed by atoms with van der Waals surface area (Å²) in [7, 11) is 0. The van der Waals surface area contributed by atoms with Gasteiger partial charge in [-0.1, -0.05) is 0 Å². The summed E-state index contributed by atoms with van der Waals surface area (Å²) in [5.41, 5.74) is 0. The first-order chi connectivity index (χ1) is 14.1. The van der Waals surface area contributed by atoms with Crippen LogP contribution in [0.3, 0.4) is 0 Å². The van der Waals surface area contributed by atoms with Gasteiger partial charge in [0, 0.05) is 38.6 Å². The largest absolute Gasteiger partial charge is 0.483 e. The summed E-state index contributed by atoms with van der Waals surface area (Å²) in [6.07, 6.45) is 3.03. The van der Waals surface area contributed by atoms with Gasteiger partial charge < -0.3 is 24.0 Å². The van der Waals surface area contributed by atoms with E-state index in [4.69, 9.17) is 19.4 Å². The Morgan fingerprint density at radius 2 is 1.97 bits per heavy atom. The third-order valence-corrected chi connectivity index (χ3v) is 5.22. The summed E-state index contributed by atoms with van der Waals surface area (Å²) in [6.45, 7) is 5.85. The second kappa shape index (κ2) is 10.2. The molecular formula is C17H26N6O6. The highest BCUT2D eigenvalue weighted by Crippen LogP contribution is 2.20. The van der Waals surface area contributed by atoms with Gasteiger partial charge in [-0.2, -0.15) is 0 Å². The predicted molar refractivity (Wildman–Crippen MR) is 97.9 cm³/mol. The van der Waals surface area contributed by atoms with Crippen molar-refractivity contribution in [1.29, 1.82) is 0 Å². The van der Waals surface area contributed by atoms with Crippen molar-refractivity contribution in [1.82, 2.24) is 29.5 Å². The number of hydrogen-bond donors (Lipinski definition) is 1. The molecule has 0 radical (unpaired) electrons. The molecule has 0 aliphatic carbocycles. The lowest BCUT2D eigenvalue weighted by molar-refractivity contribution is -0.133. The molecule has 12 heteroatoms. The molecule has 1 N–H and O–H groups in total. The number of nitrogens with zero attached hydrogens (tertiary/aromatic N) is 6. The molecule has 0 saturated carbocycles. The van der Waals surface area contributed by atoms with E-state index in [1.165, 1.54) is 4.90 Å². The molecule has 3 aliphatic rings. The van der Waals surface area contributed by atoms with Crippen LogP contribution < -0.4 is 0 Å². The van der Waals surface area contributed by atoms with Gasteiger partial charge in [-0.15, -0.1) is 10.2 Å².